The normalized spacial score (nSPS) is 12.5. The first-order valence-electron chi connectivity index (χ1n) is 6.17. The van der Waals surface area contributed by atoms with E-state index in [2.05, 4.69) is 13.8 Å². The molecule has 102 valence electrons. The lowest BCUT2D eigenvalue weighted by Crippen LogP contribution is -3.11. The Morgan fingerprint density at radius 3 is 2.00 bits per heavy atom. The van der Waals surface area contributed by atoms with Crippen molar-refractivity contribution in [3.05, 3.63) is 12.3 Å². The minimum atomic E-state index is -3.39. The summed E-state index contributed by atoms with van der Waals surface area (Å²) in [5.41, 5.74) is 0. The smallest absolute Gasteiger partial charge is 0.412 e. The summed E-state index contributed by atoms with van der Waals surface area (Å²) in [6.07, 6.45) is 3.25. The van der Waals surface area contributed by atoms with E-state index in [0.717, 1.165) is 19.6 Å². The SMILES string of the molecule is CCOP(=O)(O/C=C/C[NH+](CC)CC)OCC. The Labute approximate surface area is 104 Å². The van der Waals surface area contributed by atoms with Crippen molar-refractivity contribution in [3.63, 3.8) is 0 Å². The summed E-state index contributed by atoms with van der Waals surface area (Å²) in [5, 5.41) is 0. The second kappa shape index (κ2) is 9.66. The largest absolute Gasteiger partial charge is 0.529 e. The number of rotatable bonds is 10. The maximum absolute atomic E-state index is 11.9. The highest BCUT2D eigenvalue weighted by atomic mass is 31.2. The third-order valence-corrected chi connectivity index (χ3v) is 3.80. The van der Waals surface area contributed by atoms with Gasteiger partial charge in [-0.2, -0.15) is 0 Å². The Morgan fingerprint density at radius 2 is 1.59 bits per heavy atom. The summed E-state index contributed by atoms with van der Waals surface area (Å²) in [5.74, 6) is 0. The first-order chi connectivity index (χ1) is 8.11. The monoisotopic (exact) mass is 266 g/mol. The maximum atomic E-state index is 11.9. The number of hydrogen-bond donors (Lipinski definition) is 1. The van der Waals surface area contributed by atoms with Crippen molar-refractivity contribution in [1.29, 1.82) is 0 Å². The Bertz CT molecular complexity index is 244. The molecule has 0 aromatic heterocycles. The zero-order valence-electron chi connectivity index (χ0n) is 11.3. The zero-order valence-corrected chi connectivity index (χ0v) is 12.2. The fourth-order valence-corrected chi connectivity index (χ4v) is 2.35. The summed E-state index contributed by atoms with van der Waals surface area (Å²) in [7, 11) is -3.39. The molecule has 0 aliphatic rings. The molecule has 6 heteroatoms. The number of hydrogen-bond acceptors (Lipinski definition) is 4. The van der Waals surface area contributed by atoms with Gasteiger partial charge in [0, 0.05) is 6.08 Å². The molecule has 0 radical (unpaired) electrons. The predicted octanol–water partition coefficient (Wildman–Crippen LogP) is 1.62. The van der Waals surface area contributed by atoms with Crippen molar-refractivity contribution >= 4 is 7.82 Å². The van der Waals surface area contributed by atoms with Crippen molar-refractivity contribution in [2.75, 3.05) is 32.8 Å². The van der Waals surface area contributed by atoms with Crippen LogP contribution in [0, 0.1) is 0 Å². The molecule has 0 heterocycles. The van der Waals surface area contributed by atoms with Gasteiger partial charge >= 0.3 is 7.82 Å². The Hall–Kier alpha value is -0.350. The van der Waals surface area contributed by atoms with Crippen molar-refractivity contribution < 1.29 is 23.0 Å². The van der Waals surface area contributed by atoms with E-state index in [9.17, 15) is 4.57 Å². The molecule has 0 saturated heterocycles. The summed E-state index contributed by atoms with van der Waals surface area (Å²) in [6, 6.07) is 0. The molecule has 0 bridgehead atoms. The highest BCUT2D eigenvalue weighted by Gasteiger charge is 2.24. The summed E-state index contributed by atoms with van der Waals surface area (Å²) in [4.78, 5) is 1.42. The Kier molecular flexibility index (Phi) is 9.46. The van der Waals surface area contributed by atoms with Crippen LogP contribution in [-0.2, 0) is 18.1 Å². The molecule has 0 aliphatic heterocycles. The first-order valence-corrected chi connectivity index (χ1v) is 7.63. The second-order valence-corrected chi connectivity index (χ2v) is 5.04. The lowest BCUT2D eigenvalue weighted by atomic mass is 10.5. The molecule has 0 amide bonds. The first kappa shape index (κ1) is 16.6. The minimum absolute atomic E-state index is 0.298. The number of quaternary nitrogens is 1. The molecular formula is C11H25NO4P+. The average Bonchev–Trinajstić information content (AvgIpc) is 2.30. The summed E-state index contributed by atoms with van der Waals surface area (Å²) in [6.45, 7) is 11.3. The summed E-state index contributed by atoms with van der Waals surface area (Å²) < 4.78 is 26.9. The van der Waals surface area contributed by atoms with Crippen LogP contribution in [0.2, 0.25) is 0 Å². The van der Waals surface area contributed by atoms with Gasteiger partial charge < -0.3 is 9.42 Å². The van der Waals surface area contributed by atoms with E-state index in [0.29, 0.717) is 13.2 Å². The van der Waals surface area contributed by atoms with Gasteiger partial charge in [-0.05, 0) is 27.7 Å². The molecule has 0 atom stereocenters. The molecule has 0 aromatic rings. The number of likely N-dealkylation sites (N-methyl/N-ethyl adjacent to an activating group) is 1. The third-order valence-electron chi connectivity index (χ3n) is 2.27. The van der Waals surface area contributed by atoms with Gasteiger partial charge in [-0.1, -0.05) is 0 Å². The molecule has 0 aromatic carbocycles. The van der Waals surface area contributed by atoms with Gasteiger partial charge in [0.25, 0.3) is 0 Å². The van der Waals surface area contributed by atoms with E-state index < -0.39 is 7.82 Å². The van der Waals surface area contributed by atoms with Crippen LogP contribution in [0.3, 0.4) is 0 Å². The van der Waals surface area contributed by atoms with Gasteiger partial charge in [-0.25, -0.2) is 4.57 Å². The lowest BCUT2D eigenvalue weighted by Gasteiger charge is -2.15. The van der Waals surface area contributed by atoms with Gasteiger partial charge in [0.1, 0.15) is 0 Å². The van der Waals surface area contributed by atoms with Crippen LogP contribution < -0.4 is 4.90 Å². The van der Waals surface area contributed by atoms with Crippen molar-refractivity contribution in [1.82, 2.24) is 0 Å². The van der Waals surface area contributed by atoms with Gasteiger partial charge in [0.15, 0.2) is 0 Å². The molecule has 0 saturated carbocycles. The third kappa shape index (κ3) is 7.55. The molecule has 17 heavy (non-hydrogen) atoms. The van der Waals surface area contributed by atoms with E-state index in [1.165, 1.54) is 11.2 Å². The Balaban J connectivity index is 4.12. The highest BCUT2D eigenvalue weighted by Crippen LogP contribution is 2.49. The molecule has 5 nitrogen and oxygen atoms in total. The summed E-state index contributed by atoms with van der Waals surface area (Å²) >= 11 is 0. The van der Waals surface area contributed by atoms with Crippen molar-refractivity contribution in [2.24, 2.45) is 0 Å². The molecule has 0 spiro atoms. The lowest BCUT2D eigenvalue weighted by molar-refractivity contribution is -0.890. The second-order valence-electron chi connectivity index (χ2n) is 3.42. The van der Waals surface area contributed by atoms with E-state index in [4.69, 9.17) is 13.6 Å². The Morgan fingerprint density at radius 1 is 1.06 bits per heavy atom. The molecule has 0 aliphatic carbocycles. The van der Waals surface area contributed by atoms with Crippen molar-refractivity contribution in [2.45, 2.75) is 27.7 Å². The molecule has 0 rings (SSSR count). The van der Waals surface area contributed by atoms with Crippen LogP contribution in [0.25, 0.3) is 0 Å². The molecule has 0 fully saturated rings. The van der Waals surface area contributed by atoms with Crippen LogP contribution in [0.15, 0.2) is 12.3 Å². The average molecular weight is 266 g/mol. The maximum Gasteiger partial charge on any atom is 0.529 e. The number of phosphoric acid groups is 1. The zero-order chi connectivity index (χ0) is 13.1. The number of nitrogens with one attached hydrogen (secondary N) is 1. The van der Waals surface area contributed by atoms with Crippen LogP contribution in [-0.4, -0.2) is 32.8 Å². The van der Waals surface area contributed by atoms with E-state index in [1.807, 2.05) is 6.08 Å². The number of phosphoric ester groups is 1. The van der Waals surface area contributed by atoms with Gasteiger partial charge in [-0.15, -0.1) is 0 Å². The van der Waals surface area contributed by atoms with Crippen LogP contribution in [0.1, 0.15) is 27.7 Å². The minimum Gasteiger partial charge on any atom is -0.412 e. The topological polar surface area (TPSA) is 49.2 Å². The van der Waals surface area contributed by atoms with Crippen LogP contribution in [0.5, 0.6) is 0 Å². The van der Waals surface area contributed by atoms with Crippen LogP contribution >= 0.6 is 7.82 Å². The quantitative estimate of drug-likeness (QED) is 0.482. The van der Waals surface area contributed by atoms with Gasteiger partial charge in [-0.3, -0.25) is 9.05 Å². The highest BCUT2D eigenvalue weighted by molar-refractivity contribution is 7.48. The van der Waals surface area contributed by atoms with E-state index in [1.54, 1.807) is 13.8 Å². The van der Waals surface area contributed by atoms with Gasteiger partial charge in [0.05, 0.1) is 39.1 Å². The van der Waals surface area contributed by atoms with Crippen LogP contribution in [0.4, 0.5) is 0 Å². The van der Waals surface area contributed by atoms with E-state index >= 15 is 0 Å². The fourth-order valence-electron chi connectivity index (χ4n) is 1.29. The fraction of sp³-hybridized carbons (Fsp3) is 0.818. The standard InChI is InChI=1S/C11H24NO4P/c1-5-12(6-2)10-9-11-16-17(13,14-7-3)15-8-4/h9,11H,5-8,10H2,1-4H3/p+1/b11-9+. The van der Waals surface area contributed by atoms with E-state index in [-0.39, 0.29) is 0 Å². The molecular weight excluding hydrogens is 241 g/mol. The van der Waals surface area contributed by atoms with Crippen molar-refractivity contribution in [3.8, 4) is 0 Å². The molecule has 0 unspecified atom stereocenters. The van der Waals surface area contributed by atoms with Gasteiger partial charge in [0.2, 0.25) is 0 Å². The predicted molar refractivity (Wildman–Crippen MR) is 68.0 cm³/mol. The molecule has 1 N–H and O–H groups in total.